The SMILES string of the molecule is Cc1cc(CC(O)C2=CC(C(C)(C)C)=C(O)C(C(C)(C)C)=CC2)on1. The quantitative estimate of drug-likeness (QED) is 0.805. The van der Waals surface area contributed by atoms with Crippen molar-refractivity contribution >= 4 is 0 Å². The van der Waals surface area contributed by atoms with Crippen molar-refractivity contribution < 1.29 is 14.7 Å². The first kappa shape index (κ1) is 19.5. The van der Waals surface area contributed by atoms with E-state index in [-0.39, 0.29) is 10.8 Å². The maximum Gasteiger partial charge on any atom is 0.139 e. The zero-order valence-electron chi connectivity index (χ0n) is 16.5. The molecule has 4 heteroatoms. The number of allylic oxidation sites excluding steroid dienone is 4. The molecule has 0 aromatic carbocycles. The molecule has 4 nitrogen and oxygen atoms in total. The summed E-state index contributed by atoms with van der Waals surface area (Å²) in [5, 5.41) is 25.5. The summed E-state index contributed by atoms with van der Waals surface area (Å²) in [7, 11) is 0. The summed E-state index contributed by atoms with van der Waals surface area (Å²) in [5.74, 6) is 0.999. The number of aromatic nitrogens is 1. The van der Waals surface area contributed by atoms with Gasteiger partial charge in [0, 0.05) is 12.5 Å². The van der Waals surface area contributed by atoms with Gasteiger partial charge in [0.25, 0.3) is 0 Å². The molecule has 25 heavy (non-hydrogen) atoms. The largest absolute Gasteiger partial charge is 0.507 e. The lowest BCUT2D eigenvalue weighted by Gasteiger charge is -2.27. The molecule has 0 amide bonds. The lowest BCUT2D eigenvalue weighted by Crippen LogP contribution is -2.17. The van der Waals surface area contributed by atoms with Crippen molar-refractivity contribution in [1.82, 2.24) is 5.16 Å². The van der Waals surface area contributed by atoms with Crippen molar-refractivity contribution in [3.05, 3.63) is 52.2 Å². The molecule has 0 fully saturated rings. The van der Waals surface area contributed by atoms with Gasteiger partial charge in [0.1, 0.15) is 11.5 Å². The minimum Gasteiger partial charge on any atom is -0.507 e. The molecule has 2 rings (SSSR count). The summed E-state index contributed by atoms with van der Waals surface area (Å²) in [6.07, 6.45) is 4.30. The minimum atomic E-state index is -0.673. The number of aryl methyl sites for hydroxylation is 1. The van der Waals surface area contributed by atoms with E-state index < -0.39 is 6.10 Å². The van der Waals surface area contributed by atoms with E-state index in [2.05, 4.69) is 46.7 Å². The van der Waals surface area contributed by atoms with E-state index >= 15 is 0 Å². The van der Waals surface area contributed by atoms with E-state index in [0.717, 1.165) is 22.4 Å². The zero-order valence-corrected chi connectivity index (χ0v) is 16.5. The monoisotopic (exact) mass is 345 g/mol. The normalized spacial score (nSPS) is 17.9. The van der Waals surface area contributed by atoms with Gasteiger partial charge in [-0.2, -0.15) is 0 Å². The predicted octanol–water partition coefficient (Wildman–Crippen LogP) is 5.05. The minimum absolute atomic E-state index is 0.170. The van der Waals surface area contributed by atoms with Crippen molar-refractivity contribution in [1.29, 1.82) is 0 Å². The van der Waals surface area contributed by atoms with Gasteiger partial charge < -0.3 is 14.7 Å². The van der Waals surface area contributed by atoms with Crippen LogP contribution >= 0.6 is 0 Å². The number of nitrogens with zero attached hydrogens (tertiary/aromatic N) is 1. The van der Waals surface area contributed by atoms with Gasteiger partial charge in [-0.3, -0.25) is 0 Å². The van der Waals surface area contributed by atoms with Crippen molar-refractivity contribution in [2.24, 2.45) is 10.8 Å². The summed E-state index contributed by atoms with van der Waals surface area (Å²) in [6, 6.07) is 1.84. The summed E-state index contributed by atoms with van der Waals surface area (Å²) >= 11 is 0. The average molecular weight is 345 g/mol. The Morgan fingerprint density at radius 3 is 2.28 bits per heavy atom. The third-order valence-corrected chi connectivity index (χ3v) is 4.50. The van der Waals surface area contributed by atoms with Crippen LogP contribution in [0.3, 0.4) is 0 Å². The second-order valence-electron chi connectivity index (χ2n) is 8.96. The molecule has 1 aromatic heterocycles. The van der Waals surface area contributed by atoms with E-state index in [1.54, 1.807) is 0 Å². The van der Waals surface area contributed by atoms with Crippen LogP contribution in [0.4, 0.5) is 0 Å². The first-order chi connectivity index (χ1) is 11.4. The fraction of sp³-hybridized carbons (Fsp3) is 0.571. The standard InChI is InChI=1S/C21H31NO3/c1-13-10-15(25-22-13)12-18(23)14-8-9-16(20(2,3)4)19(24)17(11-14)21(5,6)7/h9-11,18,23-24H,8,12H2,1-7H3. The van der Waals surface area contributed by atoms with Gasteiger partial charge >= 0.3 is 0 Å². The van der Waals surface area contributed by atoms with Gasteiger partial charge in [0.15, 0.2) is 0 Å². The second kappa shape index (κ2) is 6.83. The average Bonchev–Trinajstić information content (AvgIpc) is 2.74. The maximum absolute atomic E-state index is 10.9. The topological polar surface area (TPSA) is 66.5 Å². The highest BCUT2D eigenvalue weighted by Crippen LogP contribution is 2.40. The molecule has 1 heterocycles. The van der Waals surface area contributed by atoms with Crippen LogP contribution in [0.2, 0.25) is 0 Å². The summed E-state index contributed by atoms with van der Waals surface area (Å²) in [4.78, 5) is 0. The van der Waals surface area contributed by atoms with Crippen molar-refractivity contribution in [2.75, 3.05) is 0 Å². The van der Waals surface area contributed by atoms with Gasteiger partial charge in [0.05, 0.1) is 11.8 Å². The van der Waals surface area contributed by atoms with E-state index in [0.29, 0.717) is 24.4 Å². The molecular weight excluding hydrogens is 314 g/mol. The molecule has 1 unspecified atom stereocenters. The molecule has 1 aliphatic carbocycles. The van der Waals surface area contributed by atoms with E-state index in [9.17, 15) is 10.2 Å². The fourth-order valence-corrected chi connectivity index (χ4v) is 3.07. The van der Waals surface area contributed by atoms with Crippen LogP contribution in [0.1, 0.15) is 59.4 Å². The Labute approximate surface area is 150 Å². The zero-order chi connectivity index (χ0) is 19.0. The first-order valence-corrected chi connectivity index (χ1v) is 8.85. The molecule has 0 spiro atoms. The molecule has 1 aromatic rings. The van der Waals surface area contributed by atoms with Crippen LogP contribution < -0.4 is 0 Å². The predicted molar refractivity (Wildman–Crippen MR) is 100 cm³/mol. The molecule has 1 aliphatic rings. The van der Waals surface area contributed by atoms with E-state index in [1.807, 2.05) is 25.1 Å². The Hall–Kier alpha value is -1.81. The van der Waals surface area contributed by atoms with Crippen LogP contribution in [-0.2, 0) is 6.42 Å². The maximum atomic E-state index is 10.9. The van der Waals surface area contributed by atoms with Crippen molar-refractivity contribution in [3.8, 4) is 0 Å². The molecule has 138 valence electrons. The Kier molecular flexibility index (Phi) is 5.33. The summed E-state index contributed by atoms with van der Waals surface area (Å²) in [6.45, 7) is 14.4. The summed E-state index contributed by atoms with van der Waals surface area (Å²) in [5.41, 5.74) is 3.06. The molecule has 1 atom stereocenters. The third kappa shape index (κ3) is 4.63. The van der Waals surface area contributed by atoms with E-state index in [1.165, 1.54) is 0 Å². The third-order valence-electron chi connectivity index (χ3n) is 4.50. The number of rotatable bonds is 3. The molecular formula is C21H31NO3. The molecule has 2 N–H and O–H groups in total. The van der Waals surface area contributed by atoms with Crippen LogP contribution in [-0.4, -0.2) is 21.5 Å². The van der Waals surface area contributed by atoms with Crippen LogP contribution in [0.25, 0.3) is 0 Å². The fourth-order valence-electron chi connectivity index (χ4n) is 3.07. The highest BCUT2D eigenvalue weighted by molar-refractivity contribution is 5.46. The smallest absolute Gasteiger partial charge is 0.139 e. The molecule has 0 radical (unpaired) electrons. The van der Waals surface area contributed by atoms with Gasteiger partial charge in [0.2, 0.25) is 0 Å². The molecule has 0 saturated carbocycles. The van der Waals surface area contributed by atoms with Crippen LogP contribution in [0.15, 0.2) is 45.2 Å². The van der Waals surface area contributed by atoms with Gasteiger partial charge in [-0.15, -0.1) is 0 Å². The number of aliphatic hydroxyl groups excluding tert-OH is 2. The van der Waals surface area contributed by atoms with Gasteiger partial charge in [-0.25, -0.2) is 0 Å². The van der Waals surface area contributed by atoms with E-state index in [4.69, 9.17) is 4.52 Å². The molecule has 0 saturated heterocycles. The molecule has 0 bridgehead atoms. The Balaban J connectivity index is 2.41. The highest BCUT2D eigenvalue weighted by Gasteiger charge is 2.30. The van der Waals surface area contributed by atoms with Crippen LogP contribution in [0, 0.1) is 17.8 Å². The number of hydrogen-bond acceptors (Lipinski definition) is 4. The highest BCUT2D eigenvalue weighted by atomic mass is 16.5. The summed E-state index contributed by atoms with van der Waals surface area (Å²) < 4.78 is 5.23. The van der Waals surface area contributed by atoms with Crippen LogP contribution in [0.5, 0.6) is 0 Å². The lowest BCUT2D eigenvalue weighted by atomic mass is 9.79. The Morgan fingerprint density at radius 2 is 1.80 bits per heavy atom. The van der Waals surface area contributed by atoms with Crippen molar-refractivity contribution in [3.63, 3.8) is 0 Å². The number of aliphatic hydroxyl groups is 2. The van der Waals surface area contributed by atoms with Gasteiger partial charge in [-0.1, -0.05) is 58.9 Å². The number of hydrogen-bond donors (Lipinski definition) is 2. The first-order valence-electron chi connectivity index (χ1n) is 8.85. The molecule has 0 aliphatic heterocycles. The van der Waals surface area contributed by atoms with Gasteiger partial charge in [-0.05, 0) is 40.9 Å². The van der Waals surface area contributed by atoms with Crippen molar-refractivity contribution in [2.45, 2.75) is 67.4 Å². The lowest BCUT2D eigenvalue weighted by molar-refractivity contribution is 0.195. The Bertz CT molecular complexity index is 721. The second-order valence-corrected chi connectivity index (χ2v) is 8.96. The Morgan fingerprint density at radius 1 is 1.16 bits per heavy atom.